The summed E-state index contributed by atoms with van der Waals surface area (Å²) in [5, 5.41) is 9.60. The van der Waals surface area contributed by atoms with Gasteiger partial charge >= 0.3 is 0 Å². The molecule has 1 aliphatic rings. The van der Waals surface area contributed by atoms with Crippen LogP contribution < -0.4 is 21.7 Å². The molecule has 2 heterocycles. The average Bonchev–Trinajstić information content (AvgIpc) is 3.47. The molecule has 4 rings (SSSR count). The Hall–Kier alpha value is -3.74. The largest absolute Gasteiger partial charge is 0.467 e. The Morgan fingerprint density at radius 3 is 2.30 bits per heavy atom. The van der Waals surface area contributed by atoms with Crippen LogP contribution in [0.3, 0.4) is 0 Å². The molecule has 0 bridgehead atoms. The fourth-order valence-electron chi connectivity index (χ4n) is 3.17. The second-order valence-electron chi connectivity index (χ2n) is 7.08. The first kappa shape index (κ1) is 19.6. The predicted molar refractivity (Wildman–Crippen MR) is 122 cm³/mol. The first-order valence-corrected chi connectivity index (χ1v) is 10.1. The van der Waals surface area contributed by atoms with E-state index in [1.165, 1.54) is 11.1 Å². The van der Waals surface area contributed by atoms with E-state index in [1.807, 2.05) is 24.3 Å². The van der Waals surface area contributed by atoms with Crippen molar-refractivity contribution >= 4 is 23.3 Å². The van der Waals surface area contributed by atoms with Crippen LogP contribution in [-0.2, 0) is 19.4 Å². The molecule has 30 heavy (non-hydrogen) atoms. The molecule has 0 unspecified atom stereocenters. The van der Waals surface area contributed by atoms with Crippen LogP contribution in [0.25, 0.3) is 0 Å². The summed E-state index contributed by atoms with van der Waals surface area (Å²) in [5.41, 5.74) is 10.5. The van der Waals surface area contributed by atoms with Gasteiger partial charge < -0.3 is 26.1 Å². The molecule has 2 aromatic carbocycles. The molecule has 154 valence electrons. The number of hydrogen-bond donors (Lipinski definition) is 4. The number of rotatable bonds is 7. The van der Waals surface area contributed by atoms with E-state index < -0.39 is 0 Å². The highest BCUT2D eigenvalue weighted by Gasteiger charge is 2.05. The highest BCUT2D eigenvalue weighted by molar-refractivity contribution is 5.94. The van der Waals surface area contributed by atoms with Crippen molar-refractivity contribution in [2.24, 2.45) is 15.7 Å². The molecule has 1 aliphatic heterocycles. The Morgan fingerprint density at radius 2 is 1.70 bits per heavy atom. The summed E-state index contributed by atoms with van der Waals surface area (Å²) < 4.78 is 5.25. The minimum Gasteiger partial charge on any atom is -0.467 e. The zero-order chi connectivity index (χ0) is 20.6. The molecular formula is C23H26N6O. The lowest BCUT2D eigenvalue weighted by Gasteiger charge is -2.09. The molecule has 0 atom stereocenters. The summed E-state index contributed by atoms with van der Waals surface area (Å²) in [6.07, 6.45) is 3.59. The van der Waals surface area contributed by atoms with Crippen molar-refractivity contribution in [1.29, 1.82) is 0 Å². The number of hydrogen-bond acceptors (Lipinski definition) is 5. The SMILES string of the molecule is NC(=NCc1ccco1)Nc1ccc(CCc2ccc(NC3=NCCN3)cc2)cc1. The van der Waals surface area contributed by atoms with Crippen LogP contribution in [0.2, 0.25) is 0 Å². The van der Waals surface area contributed by atoms with Gasteiger partial charge in [0, 0.05) is 17.9 Å². The lowest BCUT2D eigenvalue weighted by atomic mass is 10.0. The lowest BCUT2D eigenvalue weighted by molar-refractivity contribution is 0.513. The standard InChI is InChI=1S/C23H26N6O/c24-22(27-16-21-2-1-15-30-21)28-19-9-5-17(6-10-19)3-4-18-7-11-20(12-8-18)29-23-25-13-14-26-23/h1-2,5-12,15H,3-4,13-14,16H2,(H3,24,27,28)(H2,25,26,29). The Morgan fingerprint density at radius 1 is 1.00 bits per heavy atom. The maximum absolute atomic E-state index is 5.94. The fraction of sp³-hybridized carbons (Fsp3) is 0.217. The van der Waals surface area contributed by atoms with Crippen LogP contribution in [0.4, 0.5) is 11.4 Å². The van der Waals surface area contributed by atoms with E-state index >= 15 is 0 Å². The quantitative estimate of drug-likeness (QED) is 0.359. The summed E-state index contributed by atoms with van der Waals surface area (Å²) in [7, 11) is 0. The van der Waals surface area contributed by atoms with Gasteiger partial charge in [0.2, 0.25) is 0 Å². The molecule has 0 saturated carbocycles. The second-order valence-corrected chi connectivity index (χ2v) is 7.08. The van der Waals surface area contributed by atoms with Gasteiger partial charge in [-0.3, -0.25) is 4.99 Å². The molecule has 1 aromatic heterocycles. The zero-order valence-electron chi connectivity index (χ0n) is 16.8. The summed E-state index contributed by atoms with van der Waals surface area (Å²) in [6.45, 7) is 2.15. The number of anilines is 2. The van der Waals surface area contributed by atoms with E-state index in [0.29, 0.717) is 12.5 Å². The molecule has 5 N–H and O–H groups in total. The van der Waals surface area contributed by atoms with Crippen molar-refractivity contribution in [1.82, 2.24) is 5.32 Å². The lowest BCUT2D eigenvalue weighted by Crippen LogP contribution is -2.26. The van der Waals surface area contributed by atoms with Gasteiger partial charge in [-0.2, -0.15) is 0 Å². The van der Waals surface area contributed by atoms with Crippen molar-refractivity contribution in [3.05, 3.63) is 83.8 Å². The topological polar surface area (TPSA) is 100.0 Å². The van der Waals surface area contributed by atoms with Gasteiger partial charge in [0.05, 0.1) is 12.8 Å². The van der Waals surface area contributed by atoms with Crippen molar-refractivity contribution in [3.63, 3.8) is 0 Å². The van der Waals surface area contributed by atoms with E-state index in [9.17, 15) is 0 Å². The number of benzene rings is 2. The maximum atomic E-state index is 5.94. The molecule has 3 aromatic rings. The number of nitrogens with two attached hydrogens (primary N) is 1. The molecule has 0 aliphatic carbocycles. The second kappa shape index (κ2) is 9.65. The van der Waals surface area contributed by atoms with Crippen LogP contribution in [-0.4, -0.2) is 25.0 Å². The molecule has 0 amide bonds. The monoisotopic (exact) mass is 402 g/mol. The molecule has 0 saturated heterocycles. The number of aryl methyl sites for hydroxylation is 2. The number of nitrogens with one attached hydrogen (secondary N) is 3. The normalized spacial score (nSPS) is 13.6. The Labute approximate surface area is 176 Å². The van der Waals surface area contributed by atoms with Gasteiger partial charge in [0.25, 0.3) is 0 Å². The van der Waals surface area contributed by atoms with E-state index in [4.69, 9.17) is 10.2 Å². The Balaban J connectivity index is 1.24. The third-order valence-corrected chi connectivity index (χ3v) is 4.80. The molecule has 0 fully saturated rings. The molecule has 7 heteroatoms. The summed E-state index contributed by atoms with van der Waals surface area (Å²) in [4.78, 5) is 8.62. The Kier molecular flexibility index (Phi) is 6.29. The summed E-state index contributed by atoms with van der Waals surface area (Å²) in [5.74, 6) is 2.00. The molecule has 0 radical (unpaired) electrons. The van der Waals surface area contributed by atoms with Crippen molar-refractivity contribution < 1.29 is 4.42 Å². The zero-order valence-corrected chi connectivity index (χ0v) is 16.8. The van der Waals surface area contributed by atoms with Gasteiger partial charge in [-0.15, -0.1) is 0 Å². The van der Waals surface area contributed by atoms with Gasteiger partial charge in [-0.05, 0) is 60.4 Å². The maximum Gasteiger partial charge on any atom is 0.195 e. The van der Waals surface area contributed by atoms with E-state index in [0.717, 1.165) is 49.0 Å². The minimum absolute atomic E-state index is 0.367. The molecule has 7 nitrogen and oxygen atoms in total. The highest BCUT2D eigenvalue weighted by Crippen LogP contribution is 2.15. The third kappa shape index (κ3) is 5.64. The van der Waals surface area contributed by atoms with Gasteiger partial charge in [0.15, 0.2) is 11.9 Å². The third-order valence-electron chi connectivity index (χ3n) is 4.80. The van der Waals surface area contributed by atoms with Crippen molar-refractivity contribution in [3.8, 4) is 0 Å². The van der Waals surface area contributed by atoms with Gasteiger partial charge in [0.1, 0.15) is 12.3 Å². The average molecular weight is 403 g/mol. The van der Waals surface area contributed by atoms with Crippen LogP contribution in [0.5, 0.6) is 0 Å². The first-order chi connectivity index (χ1) is 14.7. The number of furan rings is 1. The van der Waals surface area contributed by atoms with E-state index in [1.54, 1.807) is 6.26 Å². The first-order valence-electron chi connectivity index (χ1n) is 10.1. The molecule has 0 spiro atoms. The fourth-order valence-corrected chi connectivity index (χ4v) is 3.17. The number of aliphatic imine (C=N–C) groups is 2. The number of guanidine groups is 2. The van der Waals surface area contributed by atoms with Crippen LogP contribution in [0.15, 0.2) is 81.3 Å². The van der Waals surface area contributed by atoms with Crippen LogP contribution in [0.1, 0.15) is 16.9 Å². The minimum atomic E-state index is 0.367. The smallest absolute Gasteiger partial charge is 0.195 e. The number of nitrogens with zero attached hydrogens (tertiary/aromatic N) is 2. The highest BCUT2D eigenvalue weighted by atomic mass is 16.3. The van der Waals surface area contributed by atoms with Gasteiger partial charge in [-0.1, -0.05) is 24.3 Å². The van der Waals surface area contributed by atoms with E-state index in [-0.39, 0.29) is 0 Å². The summed E-state index contributed by atoms with van der Waals surface area (Å²) >= 11 is 0. The van der Waals surface area contributed by atoms with Gasteiger partial charge in [-0.25, -0.2) is 4.99 Å². The van der Waals surface area contributed by atoms with Crippen LogP contribution in [0, 0.1) is 0 Å². The van der Waals surface area contributed by atoms with E-state index in [2.05, 4.69) is 62.3 Å². The predicted octanol–water partition coefficient (Wildman–Crippen LogP) is 3.36. The Bertz CT molecular complexity index is 991. The summed E-state index contributed by atoms with van der Waals surface area (Å²) in [6, 6.07) is 20.5. The van der Waals surface area contributed by atoms with Crippen LogP contribution >= 0.6 is 0 Å². The molecular weight excluding hydrogens is 376 g/mol. The van der Waals surface area contributed by atoms with Crippen molar-refractivity contribution in [2.75, 3.05) is 23.7 Å². The van der Waals surface area contributed by atoms with Crippen molar-refractivity contribution in [2.45, 2.75) is 19.4 Å².